The van der Waals surface area contributed by atoms with Crippen molar-refractivity contribution in [1.29, 1.82) is 0 Å². The van der Waals surface area contributed by atoms with E-state index in [1.807, 2.05) is 12.1 Å². The molecule has 0 fully saturated rings. The second-order valence-corrected chi connectivity index (χ2v) is 4.59. The van der Waals surface area contributed by atoms with Gasteiger partial charge in [-0.3, -0.25) is 0 Å². The van der Waals surface area contributed by atoms with Crippen LogP contribution in [0.1, 0.15) is 37.8 Å². The van der Waals surface area contributed by atoms with Crippen LogP contribution in [-0.2, 0) is 4.74 Å². The minimum absolute atomic E-state index is 0.190. The minimum Gasteiger partial charge on any atom is -0.435 e. The van der Waals surface area contributed by atoms with Crippen molar-refractivity contribution in [2.75, 3.05) is 20.3 Å². The van der Waals surface area contributed by atoms with Crippen LogP contribution in [0.15, 0.2) is 24.3 Å². The number of benzene rings is 1. The summed E-state index contributed by atoms with van der Waals surface area (Å²) in [4.78, 5) is 0. The maximum atomic E-state index is 12.1. The number of methoxy groups -OCH3 is 1. The van der Waals surface area contributed by atoms with Crippen LogP contribution in [0.2, 0.25) is 0 Å². The van der Waals surface area contributed by atoms with Crippen LogP contribution in [0.3, 0.4) is 0 Å². The summed E-state index contributed by atoms with van der Waals surface area (Å²) in [5, 5.41) is 3.46. The Morgan fingerprint density at radius 2 is 1.90 bits per heavy atom. The molecule has 0 saturated heterocycles. The molecule has 0 spiro atoms. The zero-order chi connectivity index (χ0) is 14.8. The molecule has 0 radical (unpaired) electrons. The van der Waals surface area contributed by atoms with Gasteiger partial charge in [0, 0.05) is 19.8 Å². The van der Waals surface area contributed by atoms with Crippen LogP contribution < -0.4 is 10.1 Å². The topological polar surface area (TPSA) is 30.5 Å². The summed E-state index contributed by atoms with van der Waals surface area (Å²) < 4.78 is 33.6. The summed E-state index contributed by atoms with van der Waals surface area (Å²) in [6.07, 6.45) is 2.95. The monoisotopic (exact) mass is 287 g/mol. The summed E-state index contributed by atoms with van der Waals surface area (Å²) in [6.45, 7) is 0.972. The fraction of sp³-hybridized carbons (Fsp3) is 0.600. The van der Waals surface area contributed by atoms with E-state index in [1.165, 1.54) is 0 Å². The maximum Gasteiger partial charge on any atom is 0.387 e. The van der Waals surface area contributed by atoms with E-state index in [4.69, 9.17) is 4.74 Å². The molecular formula is C15H23F2NO2. The molecule has 0 aromatic heterocycles. The van der Waals surface area contributed by atoms with Crippen molar-refractivity contribution in [3.63, 3.8) is 0 Å². The lowest BCUT2D eigenvalue weighted by Crippen LogP contribution is -2.22. The second-order valence-electron chi connectivity index (χ2n) is 4.59. The SMILES string of the molecule is CCCNC(CCCOC)c1ccc(OC(F)F)cc1. The minimum atomic E-state index is -2.78. The molecule has 1 rings (SSSR count). The number of alkyl halides is 2. The average molecular weight is 287 g/mol. The van der Waals surface area contributed by atoms with E-state index in [1.54, 1.807) is 19.2 Å². The van der Waals surface area contributed by atoms with Gasteiger partial charge in [0.25, 0.3) is 0 Å². The molecule has 5 heteroatoms. The van der Waals surface area contributed by atoms with Gasteiger partial charge in [0.2, 0.25) is 0 Å². The van der Waals surface area contributed by atoms with Crippen molar-refractivity contribution >= 4 is 0 Å². The van der Waals surface area contributed by atoms with Gasteiger partial charge in [-0.25, -0.2) is 0 Å². The highest BCUT2D eigenvalue weighted by molar-refractivity contribution is 5.29. The molecular weight excluding hydrogens is 264 g/mol. The smallest absolute Gasteiger partial charge is 0.387 e. The van der Waals surface area contributed by atoms with Gasteiger partial charge >= 0.3 is 6.61 Å². The van der Waals surface area contributed by atoms with E-state index < -0.39 is 6.61 Å². The molecule has 1 atom stereocenters. The number of nitrogens with one attached hydrogen (secondary N) is 1. The molecule has 0 aliphatic heterocycles. The average Bonchev–Trinajstić information content (AvgIpc) is 2.43. The zero-order valence-corrected chi connectivity index (χ0v) is 12.1. The Morgan fingerprint density at radius 3 is 2.45 bits per heavy atom. The summed E-state index contributed by atoms with van der Waals surface area (Å²) in [7, 11) is 1.69. The first-order valence-corrected chi connectivity index (χ1v) is 6.94. The van der Waals surface area contributed by atoms with Crippen LogP contribution in [-0.4, -0.2) is 26.9 Å². The molecule has 3 nitrogen and oxygen atoms in total. The Balaban J connectivity index is 2.63. The van der Waals surface area contributed by atoms with Crippen molar-refractivity contribution in [3.8, 4) is 5.75 Å². The number of hydrogen-bond donors (Lipinski definition) is 1. The van der Waals surface area contributed by atoms with Gasteiger partial charge in [-0.15, -0.1) is 0 Å². The van der Waals surface area contributed by atoms with Crippen LogP contribution in [0.25, 0.3) is 0 Å². The third kappa shape index (κ3) is 6.30. The molecule has 0 aliphatic rings. The summed E-state index contributed by atoms with van der Waals surface area (Å²) >= 11 is 0. The highest BCUT2D eigenvalue weighted by atomic mass is 19.3. The number of ether oxygens (including phenoxy) is 2. The normalized spacial score (nSPS) is 12.7. The lowest BCUT2D eigenvalue weighted by molar-refractivity contribution is -0.0498. The predicted octanol–water partition coefficient (Wildman–Crippen LogP) is 3.76. The fourth-order valence-corrected chi connectivity index (χ4v) is 2.02. The summed E-state index contributed by atoms with van der Waals surface area (Å²) in [6, 6.07) is 7.04. The molecule has 0 aliphatic carbocycles. The Morgan fingerprint density at radius 1 is 1.20 bits per heavy atom. The van der Waals surface area contributed by atoms with E-state index in [0.717, 1.165) is 38.0 Å². The van der Waals surface area contributed by atoms with Crippen molar-refractivity contribution in [3.05, 3.63) is 29.8 Å². The van der Waals surface area contributed by atoms with Crippen molar-refractivity contribution in [2.24, 2.45) is 0 Å². The Kier molecular flexibility index (Phi) is 8.14. The Bertz CT molecular complexity index is 357. The first kappa shape index (κ1) is 16.9. The van der Waals surface area contributed by atoms with Crippen molar-refractivity contribution < 1.29 is 18.3 Å². The molecule has 1 aromatic rings. The largest absolute Gasteiger partial charge is 0.435 e. The molecule has 0 amide bonds. The van der Waals surface area contributed by atoms with E-state index >= 15 is 0 Å². The molecule has 20 heavy (non-hydrogen) atoms. The first-order valence-electron chi connectivity index (χ1n) is 6.94. The van der Waals surface area contributed by atoms with Gasteiger partial charge in [-0.1, -0.05) is 19.1 Å². The van der Waals surface area contributed by atoms with Crippen molar-refractivity contribution in [2.45, 2.75) is 38.8 Å². The van der Waals surface area contributed by atoms with Gasteiger partial charge < -0.3 is 14.8 Å². The number of halogens is 2. The van der Waals surface area contributed by atoms with Crippen LogP contribution in [0.5, 0.6) is 5.75 Å². The third-order valence-electron chi connectivity index (χ3n) is 2.99. The quantitative estimate of drug-likeness (QED) is 0.665. The highest BCUT2D eigenvalue weighted by Gasteiger charge is 2.11. The molecule has 0 bridgehead atoms. The van der Waals surface area contributed by atoms with E-state index in [2.05, 4.69) is 17.0 Å². The van der Waals surface area contributed by atoms with E-state index in [0.29, 0.717) is 0 Å². The van der Waals surface area contributed by atoms with Gasteiger partial charge in [-0.2, -0.15) is 8.78 Å². The van der Waals surface area contributed by atoms with E-state index in [-0.39, 0.29) is 11.8 Å². The van der Waals surface area contributed by atoms with E-state index in [9.17, 15) is 8.78 Å². The molecule has 1 N–H and O–H groups in total. The predicted molar refractivity (Wildman–Crippen MR) is 75.2 cm³/mol. The Hall–Kier alpha value is -1.20. The van der Waals surface area contributed by atoms with Crippen LogP contribution in [0.4, 0.5) is 8.78 Å². The fourth-order valence-electron chi connectivity index (χ4n) is 2.02. The molecule has 0 heterocycles. The number of rotatable bonds is 10. The summed E-state index contributed by atoms with van der Waals surface area (Å²) in [5.41, 5.74) is 1.08. The van der Waals surface area contributed by atoms with Gasteiger partial charge in [0.15, 0.2) is 0 Å². The third-order valence-corrected chi connectivity index (χ3v) is 2.99. The highest BCUT2D eigenvalue weighted by Crippen LogP contribution is 2.22. The molecule has 114 valence electrons. The second kappa shape index (κ2) is 9.66. The number of hydrogen-bond acceptors (Lipinski definition) is 3. The van der Waals surface area contributed by atoms with Crippen molar-refractivity contribution in [1.82, 2.24) is 5.32 Å². The first-order chi connectivity index (χ1) is 9.67. The van der Waals surface area contributed by atoms with Gasteiger partial charge in [-0.05, 0) is 43.5 Å². The molecule has 0 saturated carbocycles. The Labute approximate surface area is 119 Å². The van der Waals surface area contributed by atoms with Gasteiger partial charge in [0.05, 0.1) is 0 Å². The standard InChI is InChI=1S/C15H23F2NO2/c1-3-10-18-14(5-4-11-19-2)12-6-8-13(9-7-12)20-15(16)17/h6-9,14-15,18H,3-5,10-11H2,1-2H3. The van der Waals surface area contributed by atoms with Crippen LogP contribution >= 0.6 is 0 Å². The molecule has 1 unspecified atom stereocenters. The van der Waals surface area contributed by atoms with Crippen LogP contribution in [0, 0.1) is 0 Å². The zero-order valence-electron chi connectivity index (χ0n) is 12.1. The lowest BCUT2D eigenvalue weighted by atomic mass is 10.0. The lowest BCUT2D eigenvalue weighted by Gasteiger charge is -2.19. The van der Waals surface area contributed by atoms with Gasteiger partial charge in [0.1, 0.15) is 5.75 Å². The molecule has 1 aromatic carbocycles. The maximum absolute atomic E-state index is 12.1. The summed E-state index contributed by atoms with van der Waals surface area (Å²) in [5.74, 6) is 0.190.